The Kier molecular flexibility index (Phi) is 12.1. The third-order valence-corrected chi connectivity index (χ3v) is 5.44. The van der Waals surface area contributed by atoms with E-state index in [2.05, 4.69) is 10.6 Å². The van der Waals surface area contributed by atoms with Crippen molar-refractivity contribution in [2.24, 2.45) is 0 Å². The Bertz CT molecular complexity index is 896. The first-order valence-corrected chi connectivity index (χ1v) is 11.6. The summed E-state index contributed by atoms with van der Waals surface area (Å²) in [6.07, 6.45) is 2.34. The molecule has 2 atom stereocenters. The first kappa shape index (κ1) is 29.8. The van der Waals surface area contributed by atoms with Gasteiger partial charge < -0.3 is 25.3 Å². The van der Waals surface area contributed by atoms with Gasteiger partial charge in [-0.1, -0.05) is 18.2 Å². The summed E-state index contributed by atoms with van der Waals surface area (Å²) < 4.78 is 5.14. The van der Waals surface area contributed by atoms with Crippen molar-refractivity contribution in [3.8, 4) is 0 Å². The molecule has 1 aromatic carbocycles. The minimum absolute atomic E-state index is 0.160. The molecule has 3 N–H and O–H groups in total. The standard InChI is InChI=1S/C25H37N3O7/c1-25(2,3)35-24(34)27-21(23(32)33)11-7-9-17-8-6-10-18(15-29)20(17)14-28(5)19(16-30)12-13-22(31)26-4/h6,8,10,15-16,19,21H,7,9,11-14H2,1-5H3,(H,26,31)(H,27,34)(H,32,33)/t19?,21-/m1/s1. The molecule has 0 aliphatic carbocycles. The second-order valence-corrected chi connectivity index (χ2v) is 9.36. The van der Waals surface area contributed by atoms with E-state index in [1.165, 1.54) is 7.05 Å². The third-order valence-electron chi connectivity index (χ3n) is 5.44. The summed E-state index contributed by atoms with van der Waals surface area (Å²) in [4.78, 5) is 60.2. The summed E-state index contributed by atoms with van der Waals surface area (Å²) in [5.41, 5.74) is 1.32. The van der Waals surface area contributed by atoms with Crippen LogP contribution in [0.5, 0.6) is 0 Å². The second-order valence-electron chi connectivity index (χ2n) is 9.36. The molecule has 0 fully saturated rings. The summed E-state index contributed by atoms with van der Waals surface area (Å²) in [7, 11) is 3.28. The molecule has 10 nitrogen and oxygen atoms in total. The van der Waals surface area contributed by atoms with Gasteiger partial charge >= 0.3 is 12.1 Å². The van der Waals surface area contributed by atoms with Crippen LogP contribution in [0, 0.1) is 0 Å². The van der Waals surface area contributed by atoms with Gasteiger partial charge in [-0.05, 0) is 64.6 Å². The number of aldehydes is 2. The maximum atomic E-state index is 12.0. The number of amides is 2. The Morgan fingerprint density at radius 3 is 2.40 bits per heavy atom. The van der Waals surface area contributed by atoms with E-state index in [9.17, 15) is 29.1 Å². The van der Waals surface area contributed by atoms with Crippen LogP contribution in [0.3, 0.4) is 0 Å². The molecular weight excluding hydrogens is 454 g/mol. The topological polar surface area (TPSA) is 142 Å². The molecule has 194 valence electrons. The molecule has 1 aromatic rings. The number of aryl methyl sites for hydroxylation is 1. The summed E-state index contributed by atoms with van der Waals surface area (Å²) in [6, 6.07) is 3.67. The number of carboxylic acid groups (broad SMARTS) is 1. The zero-order valence-electron chi connectivity index (χ0n) is 21.1. The smallest absolute Gasteiger partial charge is 0.408 e. The highest BCUT2D eigenvalue weighted by Crippen LogP contribution is 2.20. The molecule has 0 aromatic heterocycles. The lowest BCUT2D eigenvalue weighted by Gasteiger charge is -2.25. The molecule has 2 amide bonds. The predicted molar refractivity (Wildman–Crippen MR) is 130 cm³/mol. The summed E-state index contributed by atoms with van der Waals surface area (Å²) in [5.74, 6) is -1.32. The zero-order valence-corrected chi connectivity index (χ0v) is 21.1. The number of carbonyl (C=O) groups excluding carboxylic acids is 4. The quantitative estimate of drug-likeness (QED) is 0.337. The van der Waals surface area contributed by atoms with Crippen LogP contribution in [-0.4, -0.2) is 72.3 Å². The lowest BCUT2D eigenvalue weighted by Crippen LogP contribution is -2.43. The number of rotatable bonds is 14. The van der Waals surface area contributed by atoms with E-state index >= 15 is 0 Å². The van der Waals surface area contributed by atoms with Gasteiger partial charge in [0.05, 0.1) is 6.04 Å². The maximum Gasteiger partial charge on any atom is 0.408 e. The van der Waals surface area contributed by atoms with Gasteiger partial charge in [-0.25, -0.2) is 9.59 Å². The highest BCUT2D eigenvalue weighted by molar-refractivity contribution is 5.80. The van der Waals surface area contributed by atoms with Crippen LogP contribution in [0.1, 0.15) is 67.9 Å². The summed E-state index contributed by atoms with van der Waals surface area (Å²) in [5, 5.41) is 14.4. The van der Waals surface area contributed by atoms with Crippen LogP contribution in [0.4, 0.5) is 4.79 Å². The minimum Gasteiger partial charge on any atom is -0.480 e. The highest BCUT2D eigenvalue weighted by Gasteiger charge is 2.24. The molecule has 0 aliphatic rings. The van der Waals surface area contributed by atoms with E-state index < -0.39 is 29.7 Å². The highest BCUT2D eigenvalue weighted by atomic mass is 16.6. The van der Waals surface area contributed by atoms with Crippen LogP contribution >= 0.6 is 0 Å². The fraction of sp³-hybridized carbons (Fsp3) is 0.560. The van der Waals surface area contributed by atoms with Gasteiger partial charge in [0, 0.05) is 25.6 Å². The van der Waals surface area contributed by atoms with Crippen molar-refractivity contribution in [1.29, 1.82) is 0 Å². The summed E-state index contributed by atoms with van der Waals surface area (Å²) in [6.45, 7) is 5.37. The number of likely N-dealkylation sites (N-methyl/N-ethyl adjacent to an activating group) is 1. The van der Waals surface area contributed by atoms with Gasteiger partial charge in [0.25, 0.3) is 0 Å². The van der Waals surface area contributed by atoms with E-state index in [1.807, 2.05) is 6.07 Å². The number of carboxylic acids is 1. The van der Waals surface area contributed by atoms with Crippen molar-refractivity contribution < 1.29 is 33.8 Å². The van der Waals surface area contributed by atoms with Gasteiger partial charge in [-0.3, -0.25) is 14.5 Å². The predicted octanol–water partition coefficient (Wildman–Crippen LogP) is 2.33. The monoisotopic (exact) mass is 491 g/mol. The van der Waals surface area contributed by atoms with Crippen LogP contribution in [-0.2, 0) is 32.1 Å². The lowest BCUT2D eigenvalue weighted by molar-refractivity contribution is -0.139. The molecule has 0 saturated heterocycles. The lowest BCUT2D eigenvalue weighted by atomic mass is 9.95. The fourth-order valence-electron chi connectivity index (χ4n) is 3.56. The molecule has 0 heterocycles. The Balaban J connectivity index is 2.90. The number of hydrogen-bond acceptors (Lipinski definition) is 7. The molecule has 0 saturated carbocycles. The van der Waals surface area contributed by atoms with Crippen LogP contribution < -0.4 is 10.6 Å². The Morgan fingerprint density at radius 1 is 1.17 bits per heavy atom. The Labute approximate surface area is 206 Å². The molecule has 10 heteroatoms. The number of ether oxygens (including phenoxy) is 1. The van der Waals surface area contributed by atoms with E-state index in [0.717, 1.165) is 23.7 Å². The van der Waals surface area contributed by atoms with Gasteiger partial charge in [-0.15, -0.1) is 0 Å². The number of benzene rings is 1. The molecule has 0 radical (unpaired) electrons. The van der Waals surface area contributed by atoms with Crippen LogP contribution in [0.15, 0.2) is 18.2 Å². The second kappa shape index (κ2) is 14.2. The first-order valence-electron chi connectivity index (χ1n) is 11.6. The third kappa shape index (κ3) is 10.7. The van der Waals surface area contributed by atoms with Gasteiger partial charge in [0.2, 0.25) is 5.91 Å². The molecular formula is C25H37N3O7. The average molecular weight is 492 g/mol. The van der Waals surface area contributed by atoms with Crippen molar-refractivity contribution in [2.45, 2.75) is 77.1 Å². The molecule has 35 heavy (non-hydrogen) atoms. The molecule has 0 spiro atoms. The number of alkyl carbamates (subject to hydrolysis) is 1. The Morgan fingerprint density at radius 2 is 1.86 bits per heavy atom. The maximum absolute atomic E-state index is 12.0. The van der Waals surface area contributed by atoms with E-state index in [0.29, 0.717) is 31.4 Å². The van der Waals surface area contributed by atoms with Crippen LogP contribution in [0.25, 0.3) is 0 Å². The van der Waals surface area contributed by atoms with Gasteiger partial charge in [-0.2, -0.15) is 0 Å². The molecule has 0 aliphatic heterocycles. The van der Waals surface area contributed by atoms with Crippen LogP contribution in [0.2, 0.25) is 0 Å². The zero-order chi connectivity index (χ0) is 26.6. The summed E-state index contributed by atoms with van der Waals surface area (Å²) >= 11 is 0. The Hall–Kier alpha value is -3.27. The number of aliphatic carboxylic acids is 1. The van der Waals surface area contributed by atoms with Crippen molar-refractivity contribution in [3.63, 3.8) is 0 Å². The van der Waals surface area contributed by atoms with Gasteiger partial charge in [0.15, 0.2) is 0 Å². The number of hydrogen-bond donors (Lipinski definition) is 3. The molecule has 0 bridgehead atoms. The SMILES string of the molecule is CNC(=O)CCC(C=O)N(C)Cc1c(C=O)cccc1CCC[C@@H](NC(=O)OC(C)(C)C)C(=O)O. The molecule has 1 rings (SSSR count). The average Bonchev–Trinajstić information content (AvgIpc) is 2.78. The first-order chi connectivity index (χ1) is 16.4. The largest absolute Gasteiger partial charge is 0.480 e. The number of nitrogens with one attached hydrogen (secondary N) is 2. The van der Waals surface area contributed by atoms with Crippen molar-refractivity contribution >= 4 is 30.5 Å². The van der Waals surface area contributed by atoms with E-state index in [4.69, 9.17) is 4.74 Å². The fourth-order valence-corrected chi connectivity index (χ4v) is 3.56. The van der Waals surface area contributed by atoms with E-state index in [1.54, 1.807) is 44.9 Å². The normalized spacial score (nSPS) is 13.0. The molecule has 1 unspecified atom stereocenters. The van der Waals surface area contributed by atoms with Crippen molar-refractivity contribution in [1.82, 2.24) is 15.5 Å². The number of nitrogens with zero attached hydrogens (tertiary/aromatic N) is 1. The van der Waals surface area contributed by atoms with Crippen molar-refractivity contribution in [3.05, 3.63) is 34.9 Å². The number of carbonyl (C=O) groups is 5. The van der Waals surface area contributed by atoms with Crippen molar-refractivity contribution in [2.75, 3.05) is 14.1 Å². The van der Waals surface area contributed by atoms with E-state index in [-0.39, 0.29) is 18.7 Å². The van der Waals surface area contributed by atoms with Gasteiger partial charge in [0.1, 0.15) is 24.2 Å². The minimum atomic E-state index is -1.16.